The van der Waals surface area contributed by atoms with Crippen molar-refractivity contribution in [1.29, 1.82) is 0 Å². The number of nitrogens with one attached hydrogen (secondary N) is 1. The summed E-state index contributed by atoms with van der Waals surface area (Å²) in [7, 11) is 0. The largest absolute Gasteiger partial charge is 0.247 e. The predicted octanol–water partition coefficient (Wildman–Crippen LogP) is 3.04. The highest BCUT2D eigenvalue weighted by Gasteiger charge is 2.08. The molecule has 1 heterocycles. The maximum atomic E-state index is 4.18. The Balaban J connectivity index is 1.93. The molecule has 3 heteroatoms. The second kappa shape index (κ2) is 4.75. The number of allylic oxidation sites excluding steroid dienone is 1. The lowest BCUT2D eigenvalue weighted by molar-refractivity contribution is 0.752. The van der Waals surface area contributed by atoms with Crippen molar-refractivity contribution in [3.8, 4) is 0 Å². The number of hydrogen-bond acceptors (Lipinski definition) is 3. The lowest BCUT2D eigenvalue weighted by Crippen LogP contribution is -2.31. The maximum absolute atomic E-state index is 4.18. The van der Waals surface area contributed by atoms with E-state index in [9.17, 15) is 0 Å². The van der Waals surface area contributed by atoms with Crippen molar-refractivity contribution >= 4 is 17.5 Å². The fraction of sp³-hybridized carbons (Fsp3) is 0. The summed E-state index contributed by atoms with van der Waals surface area (Å²) in [6.45, 7) is 0. The van der Waals surface area contributed by atoms with Crippen LogP contribution in [0.4, 0.5) is 5.69 Å². The zero-order chi connectivity index (χ0) is 12.2. The first kappa shape index (κ1) is 10.6. The van der Waals surface area contributed by atoms with Crippen LogP contribution in [0, 0.1) is 0 Å². The number of hydrazone groups is 1. The molecule has 0 radical (unpaired) electrons. The Kier molecular flexibility index (Phi) is 2.80. The second-order valence-corrected chi connectivity index (χ2v) is 4.01. The van der Waals surface area contributed by atoms with Crippen LogP contribution in [0.15, 0.2) is 72.0 Å². The molecule has 1 aliphatic rings. The summed E-state index contributed by atoms with van der Waals surface area (Å²) in [5.74, 6) is 0. The highest BCUT2D eigenvalue weighted by atomic mass is 15.7. The molecule has 1 aliphatic heterocycles. The monoisotopic (exact) mass is 235 g/mol. The van der Waals surface area contributed by atoms with Crippen molar-refractivity contribution in [3.05, 3.63) is 72.4 Å². The second-order valence-electron chi connectivity index (χ2n) is 4.01. The molecule has 3 rings (SSSR count). The molecule has 88 valence electrons. The van der Waals surface area contributed by atoms with Crippen molar-refractivity contribution in [3.63, 3.8) is 0 Å². The number of rotatable bonds is 2. The van der Waals surface area contributed by atoms with Crippen LogP contribution < -0.4 is 10.5 Å². The number of hydrogen-bond donors (Lipinski definition) is 1. The van der Waals surface area contributed by atoms with Crippen LogP contribution in [0.1, 0.15) is 5.56 Å². The highest BCUT2D eigenvalue weighted by Crippen LogP contribution is 2.19. The summed E-state index contributed by atoms with van der Waals surface area (Å²) in [6.07, 6.45) is 3.87. The Labute approximate surface area is 106 Å². The SMILES string of the molecule is C1=NNN(c2ccccc2)C=C1c1ccccc1. The van der Waals surface area contributed by atoms with Gasteiger partial charge in [-0.3, -0.25) is 0 Å². The fourth-order valence-corrected chi connectivity index (χ4v) is 1.86. The fourth-order valence-electron chi connectivity index (χ4n) is 1.86. The average molecular weight is 235 g/mol. The molecule has 2 aromatic carbocycles. The number of benzene rings is 2. The molecular formula is C15H13N3. The highest BCUT2D eigenvalue weighted by molar-refractivity contribution is 6.10. The van der Waals surface area contributed by atoms with Gasteiger partial charge in [-0.25, -0.2) is 10.5 Å². The van der Waals surface area contributed by atoms with Crippen molar-refractivity contribution in [2.24, 2.45) is 5.10 Å². The minimum atomic E-state index is 1.06. The molecule has 0 unspecified atom stereocenters. The first-order valence-corrected chi connectivity index (χ1v) is 5.84. The zero-order valence-corrected chi connectivity index (χ0v) is 9.82. The maximum Gasteiger partial charge on any atom is 0.0639 e. The van der Waals surface area contributed by atoms with E-state index < -0.39 is 0 Å². The normalized spacial score (nSPS) is 14.0. The van der Waals surface area contributed by atoms with Gasteiger partial charge in [0, 0.05) is 11.8 Å². The quantitative estimate of drug-likeness (QED) is 0.866. The van der Waals surface area contributed by atoms with Gasteiger partial charge >= 0.3 is 0 Å². The Hall–Kier alpha value is -2.55. The lowest BCUT2D eigenvalue weighted by atomic mass is 10.1. The topological polar surface area (TPSA) is 27.6 Å². The number of anilines is 1. The third-order valence-corrected chi connectivity index (χ3v) is 2.78. The smallest absolute Gasteiger partial charge is 0.0639 e. The van der Waals surface area contributed by atoms with Gasteiger partial charge in [0.1, 0.15) is 0 Å². The van der Waals surface area contributed by atoms with Crippen LogP contribution in [0.25, 0.3) is 5.57 Å². The van der Waals surface area contributed by atoms with E-state index in [2.05, 4.69) is 22.8 Å². The molecule has 0 aliphatic carbocycles. The third-order valence-electron chi connectivity index (χ3n) is 2.78. The van der Waals surface area contributed by atoms with E-state index in [1.807, 2.05) is 66.0 Å². The van der Waals surface area contributed by atoms with E-state index in [0.717, 1.165) is 16.8 Å². The van der Waals surface area contributed by atoms with E-state index in [4.69, 9.17) is 0 Å². The van der Waals surface area contributed by atoms with Crippen molar-refractivity contribution in [2.75, 3.05) is 5.01 Å². The minimum absolute atomic E-state index is 1.06. The van der Waals surface area contributed by atoms with Crippen LogP contribution in [-0.2, 0) is 0 Å². The van der Waals surface area contributed by atoms with Crippen LogP contribution in [0.2, 0.25) is 0 Å². The summed E-state index contributed by atoms with van der Waals surface area (Å²) in [5.41, 5.74) is 6.26. The molecule has 2 aromatic rings. The van der Waals surface area contributed by atoms with Gasteiger partial charge in [0.2, 0.25) is 0 Å². The van der Waals surface area contributed by atoms with E-state index in [1.54, 1.807) is 0 Å². The number of nitrogens with zero attached hydrogens (tertiary/aromatic N) is 2. The van der Waals surface area contributed by atoms with Gasteiger partial charge in [-0.2, -0.15) is 5.10 Å². The first-order valence-electron chi connectivity index (χ1n) is 5.84. The summed E-state index contributed by atoms with van der Waals surface area (Å²) in [6, 6.07) is 20.3. The number of hydrazine groups is 1. The van der Waals surface area contributed by atoms with E-state index in [-0.39, 0.29) is 0 Å². The molecule has 0 bridgehead atoms. The van der Waals surface area contributed by atoms with Gasteiger partial charge in [-0.05, 0) is 17.7 Å². The van der Waals surface area contributed by atoms with Gasteiger partial charge in [0.15, 0.2) is 0 Å². The number of para-hydroxylation sites is 1. The molecule has 0 saturated heterocycles. The summed E-state index contributed by atoms with van der Waals surface area (Å²) in [5, 5.41) is 6.08. The molecule has 3 nitrogen and oxygen atoms in total. The molecule has 0 amide bonds. The third kappa shape index (κ3) is 2.11. The molecule has 0 atom stereocenters. The Morgan fingerprint density at radius 1 is 0.833 bits per heavy atom. The Morgan fingerprint density at radius 2 is 1.50 bits per heavy atom. The summed E-state index contributed by atoms with van der Waals surface area (Å²) < 4.78 is 0. The Bertz CT molecular complexity index is 573. The van der Waals surface area contributed by atoms with Crippen molar-refractivity contribution in [1.82, 2.24) is 5.53 Å². The molecule has 0 aromatic heterocycles. The van der Waals surface area contributed by atoms with Crippen LogP contribution in [0.3, 0.4) is 0 Å². The summed E-state index contributed by atoms with van der Waals surface area (Å²) in [4.78, 5) is 0. The first-order chi connectivity index (χ1) is 8.93. The predicted molar refractivity (Wildman–Crippen MR) is 75.0 cm³/mol. The average Bonchev–Trinajstić information content (AvgIpc) is 2.49. The van der Waals surface area contributed by atoms with Gasteiger partial charge in [-0.15, -0.1) is 0 Å². The van der Waals surface area contributed by atoms with Crippen molar-refractivity contribution < 1.29 is 0 Å². The lowest BCUT2D eigenvalue weighted by Gasteiger charge is -2.23. The van der Waals surface area contributed by atoms with Crippen molar-refractivity contribution in [2.45, 2.75) is 0 Å². The molecule has 0 saturated carbocycles. The van der Waals surface area contributed by atoms with Crippen LogP contribution >= 0.6 is 0 Å². The molecular weight excluding hydrogens is 222 g/mol. The van der Waals surface area contributed by atoms with E-state index in [0.29, 0.717) is 0 Å². The standard InChI is InChI=1S/C15H13N3/c1-3-7-13(8-4-1)14-11-16-17-18(12-14)15-9-5-2-6-10-15/h1-12,17H. The van der Waals surface area contributed by atoms with Crippen LogP contribution in [0.5, 0.6) is 0 Å². The van der Waals surface area contributed by atoms with E-state index in [1.165, 1.54) is 0 Å². The Morgan fingerprint density at radius 3 is 2.22 bits per heavy atom. The molecule has 0 fully saturated rings. The van der Waals surface area contributed by atoms with Gasteiger partial charge < -0.3 is 0 Å². The van der Waals surface area contributed by atoms with Crippen LogP contribution in [-0.4, -0.2) is 6.21 Å². The zero-order valence-electron chi connectivity index (χ0n) is 9.82. The van der Waals surface area contributed by atoms with Gasteiger partial charge in [0.25, 0.3) is 0 Å². The van der Waals surface area contributed by atoms with Gasteiger partial charge in [-0.1, -0.05) is 48.5 Å². The minimum Gasteiger partial charge on any atom is -0.247 e. The molecule has 18 heavy (non-hydrogen) atoms. The molecule has 0 spiro atoms. The van der Waals surface area contributed by atoms with Gasteiger partial charge in [0.05, 0.1) is 11.9 Å². The molecule has 1 N–H and O–H groups in total. The summed E-state index contributed by atoms with van der Waals surface area (Å²) >= 11 is 0. The van der Waals surface area contributed by atoms with E-state index >= 15 is 0 Å².